The van der Waals surface area contributed by atoms with Crippen LogP contribution < -0.4 is 0 Å². The molecule has 0 N–H and O–H groups in total. The van der Waals surface area contributed by atoms with Crippen LogP contribution in [0.5, 0.6) is 0 Å². The molecule has 0 aliphatic carbocycles. The summed E-state index contributed by atoms with van der Waals surface area (Å²) in [5.41, 5.74) is 1.46. The zero-order valence-electron chi connectivity index (χ0n) is 11.5. The summed E-state index contributed by atoms with van der Waals surface area (Å²) >= 11 is 6.23. The minimum Gasteiger partial charge on any atom is -0.469 e. The number of ether oxygens (including phenoxy) is 1. The zero-order chi connectivity index (χ0) is 15.0. The SMILES string of the molecule is COC(=O)C1CCCn2c(-c3ccc(F)cc3)nc(Cl)c21. The molecule has 1 aromatic carbocycles. The number of hydrogen-bond donors (Lipinski definition) is 0. The van der Waals surface area contributed by atoms with Gasteiger partial charge >= 0.3 is 5.97 Å². The van der Waals surface area contributed by atoms with Crippen LogP contribution in [0.25, 0.3) is 11.4 Å². The van der Waals surface area contributed by atoms with Crippen LogP contribution in [0.2, 0.25) is 5.15 Å². The van der Waals surface area contributed by atoms with Crippen molar-refractivity contribution in [3.05, 3.63) is 40.9 Å². The molecule has 2 aromatic rings. The van der Waals surface area contributed by atoms with E-state index in [0.29, 0.717) is 23.1 Å². The zero-order valence-corrected chi connectivity index (χ0v) is 12.2. The third-order valence-electron chi connectivity index (χ3n) is 3.75. The van der Waals surface area contributed by atoms with E-state index in [9.17, 15) is 9.18 Å². The lowest BCUT2D eigenvalue weighted by molar-refractivity contribution is -0.143. The van der Waals surface area contributed by atoms with Gasteiger partial charge in [0.25, 0.3) is 0 Å². The van der Waals surface area contributed by atoms with Gasteiger partial charge in [-0.1, -0.05) is 11.6 Å². The van der Waals surface area contributed by atoms with Gasteiger partial charge in [-0.05, 0) is 37.1 Å². The van der Waals surface area contributed by atoms with E-state index in [4.69, 9.17) is 16.3 Å². The summed E-state index contributed by atoms with van der Waals surface area (Å²) < 4.78 is 19.8. The van der Waals surface area contributed by atoms with E-state index in [1.165, 1.54) is 19.2 Å². The molecule has 0 bridgehead atoms. The van der Waals surface area contributed by atoms with Crippen molar-refractivity contribution in [2.45, 2.75) is 25.3 Å². The third kappa shape index (κ3) is 2.42. The molecule has 110 valence electrons. The molecule has 1 aliphatic rings. The molecule has 1 aromatic heterocycles. The number of carbonyl (C=O) groups excluding carboxylic acids is 1. The maximum atomic E-state index is 13.0. The largest absolute Gasteiger partial charge is 0.469 e. The van der Waals surface area contributed by atoms with E-state index in [-0.39, 0.29) is 11.8 Å². The Morgan fingerprint density at radius 1 is 1.43 bits per heavy atom. The second-order valence-corrected chi connectivity index (χ2v) is 5.35. The van der Waals surface area contributed by atoms with Crippen molar-refractivity contribution < 1.29 is 13.9 Å². The van der Waals surface area contributed by atoms with Crippen LogP contribution in [-0.2, 0) is 16.1 Å². The summed E-state index contributed by atoms with van der Waals surface area (Å²) in [7, 11) is 1.37. The molecule has 0 saturated heterocycles. The summed E-state index contributed by atoms with van der Waals surface area (Å²) in [5.74, 6) is -0.340. The number of esters is 1. The van der Waals surface area contributed by atoms with Gasteiger partial charge in [0.05, 0.1) is 12.8 Å². The lowest BCUT2D eigenvalue weighted by atomic mass is 9.96. The Morgan fingerprint density at radius 2 is 2.14 bits per heavy atom. The summed E-state index contributed by atoms with van der Waals surface area (Å²) in [5, 5.41) is 0.310. The number of benzene rings is 1. The van der Waals surface area contributed by atoms with Crippen molar-refractivity contribution in [2.24, 2.45) is 0 Å². The van der Waals surface area contributed by atoms with Crippen LogP contribution in [0.15, 0.2) is 24.3 Å². The molecule has 4 nitrogen and oxygen atoms in total. The molecule has 2 heterocycles. The van der Waals surface area contributed by atoms with Gasteiger partial charge < -0.3 is 9.30 Å². The van der Waals surface area contributed by atoms with Gasteiger partial charge in [-0.25, -0.2) is 9.37 Å². The van der Waals surface area contributed by atoms with Crippen LogP contribution in [0.4, 0.5) is 4.39 Å². The van der Waals surface area contributed by atoms with Crippen molar-refractivity contribution in [3.8, 4) is 11.4 Å². The van der Waals surface area contributed by atoms with Crippen molar-refractivity contribution in [2.75, 3.05) is 7.11 Å². The summed E-state index contributed by atoms with van der Waals surface area (Å²) in [6.07, 6.45) is 1.54. The van der Waals surface area contributed by atoms with E-state index >= 15 is 0 Å². The Labute approximate surface area is 126 Å². The minimum absolute atomic E-state index is 0.302. The molecule has 0 saturated carbocycles. The highest BCUT2D eigenvalue weighted by Gasteiger charge is 2.33. The number of aromatic nitrogens is 2. The van der Waals surface area contributed by atoms with Crippen LogP contribution in [0.1, 0.15) is 24.5 Å². The average Bonchev–Trinajstić information content (AvgIpc) is 2.85. The van der Waals surface area contributed by atoms with Gasteiger partial charge in [0, 0.05) is 12.1 Å². The number of halogens is 2. The normalized spacial score (nSPS) is 17.4. The van der Waals surface area contributed by atoms with Gasteiger partial charge in [-0.15, -0.1) is 0 Å². The second-order valence-electron chi connectivity index (χ2n) is 4.99. The van der Waals surface area contributed by atoms with Crippen molar-refractivity contribution in [3.63, 3.8) is 0 Å². The number of hydrogen-bond acceptors (Lipinski definition) is 3. The number of methoxy groups -OCH3 is 1. The van der Waals surface area contributed by atoms with Gasteiger partial charge in [-0.2, -0.15) is 0 Å². The fourth-order valence-corrected chi connectivity index (χ4v) is 3.09. The lowest BCUT2D eigenvalue weighted by Crippen LogP contribution is -2.23. The molecule has 0 spiro atoms. The molecule has 1 unspecified atom stereocenters. The van der Waals surface area contributed by atoms with E-state index in [0.717, 1.165) is 18.5 Å². The van der Waals surface area contributed by atoms with Crippen molar-refractivity contribution in [1.82, 2.24) is 9.55 Å². The highest BCUT2D eigenvalue weighted by atomic mass is 35.5. The maximum absolute atomic E-state index is 13.0. The average molecular weight is 309 g/mol. The maximum Gasteiger partial charge on any atom is 0.314 e. The molecule has 3 rings (SSSR count). The van der Waals surface area contributed by atoms with E-state index in [1.54, 1.807) is 12.1 Å². The molecule has 21 heavy (non-hydrogen) atoms. The summed E-state index contributed by atoms with van der Waals surface area (Å²) in [6, 6.07) is 6.07. The summed E-state index contributed by atoms with van der Waals surface area (Å²) in [4.78, 5) is 16.3. The van der Waals surface area contributed by atoms with Gasteiger partial charge in [0.1, 0.15) is 17.6 Å². The Bertz CT molecular complexity index is 682. The third-order valence-corrected chi connectivity index (χ3v) is 4.03. The predicted octanol–water partition coefficient (Wildman–Crippen LogP) is 3.39. The first-order valence-corrected chi connectivity index (χ1v) is 7.09. The predicted molar refractivity (Wildman–Crippen MR) is 76.6 cm³/mol. The molecule has 0 amide bonds. The molecule has 0 fully saturated rings. The standard InChI is InChI=1S/C15H14ClFN2O2/c1-21-15(20)11-3-2-8-19-12(11)13(16)18-14(19)9-4-6-10(17)7-5-9/h4-7,11H,2-3,8H2,1H3. The molecular weight excluding hydrogens is 295 g/mol. The highest BCUT2D eigenvalue weighted by molar-refractivity contribution is 6.30. The number of imidazole rings is 1. The molecular formula is C15H14ClFN2O2. The monoisotopic (exact) mass is 308 g/mol. The minimum atomic E-state index is -0.391. The number of rotatable bonds is 2. The van der Waals surface area contributed by atoms with Crippen LogP contribution >= 0.6 is 11.6 Å². The second kappa shape index (κ2) is 5.48. The number of fused-ring (bicyclic) bond motifs is 1. The fourth-order valence-electron chi connectivity index (χ4n) is 2.78. The Morgan fingerprint density at radius 3 is 2.81 bits per heavy atom. The number of carbonyl (C=O) groups is 1. The molecule has 1 aliphatic heterocycles. The fraction of sp³-hybridized carbons (Fsp3) is 0.333. The van der Waals surface area contributed by atoms with Crippen molar-refractivity contribution in [1.29, 1.82) is 0 Å². The van der Waals surface area contributed by atoms with Crippen LogP contribution in [-0.4, -0.2) is 22.6 Å². The van der Waals surface area contributed by atoms with Gasteiger partial charge in [0.2, 0.25) is 0 Å². The van der Waals surface area contributed by atoms with Gasteiger partial charge in [-0.3, -0.25) is 4.79 Å². The Hall–Kier alpha value is -1.88. The molecule has 6 heteroatoms. The lowest BCUT2D eigenvalue weighted by Gasteiger charge is -2.23. The van der Waals surface area contributed by atoms with Crippen molar-refractivity contribution >= 4 is 17.6 Å². The first-order chi connectivity index (χ1) is 10.1. The highest BCUT2D eigenvalue weighted by Crippen LogP contribution is 2.37. The molecule has 0 radical (unpaired) electrons. The van der Waals surface area contributed by atoms with E-state index in [2.05, 4.69) is 4.98 Å². The quantitative estimate of drug-likeness (QED) is 0.799. The molecule has 1 atom stereocenters. The van der Waals surface area contributed by atoms with Crippen LogP contribution in [0.3, 0.4) is 0 Å². The van der Waals surface area contributed by atoms with E-state index in [1.807, 2.05) is 4.57 Å². The van der Waals surface area contributed by atoms with Gasteiger partial charge in [0.15, 0.2) is 5.15 Å². The van der Waals surface area contributed by atoms with Crippen LogP contribution in [0, 0.1) is 5.82 Å². The Kier molecular flexibility index (Phi) is 3.68. The first-order valence-electron chi connectivity index (χ1n) is 6.71. The Balaban J connectivity index is 2.10. The first kappa shape index (κ1) is 14.1. The topological polar surface area (TPSA) is 44.1 Å². The smallest absolute Gasteiger partial charge is 0.314 e. The summed E-state index contributed by atoms with van der Waals surface area (Å²) in [6.45, 7) is 0.731. The van der Waals surface area contributed by atoms with E-state index < -0.39 is 5.92 Å². The number of nitrogens with zero attached hydrogens (tertiary/aromatic N) is 2.